The Hall–Kier alpha value is -1.26. The fourth-order valence-electron chi connectivity index (χ4n) is 1.91. The van der Waals surface area contributed by atoms with Crippen molar-refractivity contribution in [2.75, 3.05) is 6.54 Å². The molecule has 2 aromatic heterocycles. The minimum Gasteiger partial charge on any atom is -0.310 e. The van der Waals surface area contributed by atoms with E-state index in [1.807, 2.05) is 19.2 Å². The Morgan fingerprint density at radius 2 is 2.11 bits per heavy atom. The molecule has 0 aliphatic carbocycles. The molecule has 1 atom stereocenters. The first kappa shape index (κ1) is 13.2. The van der Waals surface area contributed by atoms with Crippen molar-refractivity contribution in [1.29, 1.82) is 0 Å². The summed E-state index contributed by atoms with van der Waals surface area (Å²) in [4.78, 5) is 10.4. The van der Waals surface area contributed by atoms with Crippen molar-refractivity contribution in [2.45, 2.75) is 33.7 Å². The van der Waals surface area contributed by atoms with Crippen LogP contribution in [-0.2, 0) is 0 Å². The van der Waals surface area contributed by atoms with E-state index in [1.54, 1.807) is 11.3 Å². The van der Waals surface area contributed by atoms with Gasteiger partial charge in [0.15, 0.2) is 0 Å². The third-order valence-electron chi connectivity index (χ3n) is 2.87. The number of thiazole rings is 1. The zero-order chi connectivity index (χ0) is 13.1. The summed E-state index contributed by atoms with van der Waals surface area (Å²) in [5.41, 5.74) is 3.24. The van der Waals surface area contributed by atoms with Crippen molar-refractivity contribution in [3.05, 3.63) is 34.5 Å². The Bertz CT molecular complexity index is 516. The first-order chi connectivity index (χ1) is 8.61. The van der Waals surface area contributed by atoms with Gasteiger partial charge in [0.2, 0.25) is 0 Å². The van der Waals surface area contributed by atoms with E-state index in [9.17, 15) is 0 Å². The van der Waals surface area contributed by atoms with Crippen molar-refractivity contribution in [3.63, 3.8) is 0 Å². The Morgan fingerprint density at radius 1 is 1.33 bits per heavy atom. The molecule has 0 aliphatic rings. The summed E-state index contributed by atoms with van der Waals surface area (Å²) in [7, 11) is 0. The minimum absolute atomic E-state index is 0.353. The van der Waals surface area contributed by atoms with Crippen LogP contribution in [0.25, 0.3) is 10.7 Å². The highest BCUT2D eigenvalue weighted by atomic mass is 32.1. The van der Waals surface area contributed by atoms with Crippen LogP contribution in [0.2, 0.25) is 0 Å². The molecule has 96 valence electrons. The van der Waals surface area contributed by atoms with Gasteiger partial charge in [-0.05, 0) is 38.9 Å². The second-order valence-corrected chi connectivity index (χ2v) is 5.50. The van der Waals surface area contributed by atoms with Crippen LogP contribution in [0.1, 0.15) is 36.0 Å². The summed E-state index contributed by atoms with van der Waals surface area (Å²) < 4.78 is 0. The van der Waals surface area contributed by atoms with Gasteiger partial charge in [-0.25, -0.2) is 4.98 Å². The lowest BCUT2D eigenvalue weighted by Crippen LogP contribution is -2.17. The summed E-state index contributed by atoms with van der Waals surface area (Å²) >= 11 is 1.73. The monoisotopic (exact) mass is 261 g/mol. The molecule has 2 rings (SSSR count). The number of rotatable bonds is 4. The number of nitrogens with one attached hydrogen (secondary N) is 1. The summed E-state index contributed by atoms with van der Waals surface area (Å²) in [6.07, 6.45) is 1.89. The second kappa shape index (κ2) is 5.59. The van der Waals surface area contributed by atoms with Gasteiger partial charge in [-0.3, -0.25) is 4.98 Å². The zero-order valence-corrected chi connectivity index (χ0v) is 12.1. The fraction of sp³-hybridized carbons (Fsp3) is 0.429. The van der Waals surface area contributed by atoms with E-state index in [0.29, 0.717) is 6.04 Å². The fourth-order valence-corrected chi connectivity index (χ4v) is 2.98. The Labute approximate surface area is 112 Å². The first-order valence-corrected chi connectivity index (χ1v) is 7.07. The summed E-state index contributed by atoms with van der Waals surface area (Å²) in [6.45, 7) is 9.38. The maximum absolute atomic E-state index is 4.63. The highest BCUT2D eigenvalue weighted by molar-refractivity contribution is 7.15. The topological polar surface area (TPSA) is 37.8 Å². The van der Waals surface area contributed by atoms with Crippen molar-refractivity contribution in [1.82, 2.24) is 15.3 Å². The van der Waals surface area contributed by atoms with Gasteiger partial charge in [0.1, 0.15) is 5.01 Å². The second-order valence-electron chi connectivity index (χ2n) is 4.47. The molecule has 2 heterocycles. The molecule has 0 saturated heterocycles. The molecule has 1 N–H and O–H groups in total. The van der Waals surface area contributed by atoms with Gasteiger partial charge >= 0.3 is 0 Å². The van der Waals surface area contributed by atoms with E-state index < -0.39 is 0 Å². The lowest BCUT2D eigenvalue weighted by molar-refractivity contribution is 0.603. The van der Waals surface area contributed by atoms with Gasteiger partial charge in [-0.15, -0.1) is 11.3 Å². The highest BCUT2D eigenvalue weighted by Gasteiger charge is 2.14. The third kappa shape index (κ3) is 2.76. The largest absolute Gasteiger partial charge is 0.310 e. The quantitative estimate of drug-likeness (QED) is 0.915. The number of aromatic nitrogens is 2. The van der Waals surface area contributed by atoms with Gasteiger partial charge in [0.05, 0.1) is 11.4 Å². The van der Waals surface area contributed by atoms with Gasteiger partial charge in [0, 0.05) is 17.1 Å². The number of nitrogens with zero attached hydrogens (tertiary/aromatic N) is 2. The van der Waals surface area contributed by atoms with Crippen molar-refractivity contribution < 1.29 is 0 Å². The lowest BCUT2D eigenvalue weighted by Gasteiger charge is -2.09. The summed E-state index contributed by atoms with van der Waals surface area (Å²) in [6, 6.07) is 4.47. The predicted molar refractivity (Wildman–Crippen MR) is 76.9 cm³/mol. The van der Waals surface area contributed by atoms with Crippen molar-refractivity contribution >= 4 is 11.3 Å². The molecule has 0 radical (unpaired) electrons. The van der Waals surface area contributed by atoms with Crippen LogP contribution >= 0.6 is 11.3 Å². The first-order valence-electron chi connectivity index (χ1n) is 6.25. The average Bonchev–Trinajstić information content (AvgIpc) is 2.72. The molecule has 0 aromatic carbocycles. The zero-order valence-electron chi connectivity index (χ0n) is 11.3. The molecular formula is C14H19N3S. The van der Waals surface area contributed by atoms with Crippen LogP contribution in [0.5, 0.6) is 0 Å². The number of hydrogen-bond donors (Lipinski definition) is 1. The number of aryl methyl sites for hydroxylation is 2. The van der Waals surface area contributed by atoms with E-state index in [2.05, 4.69) is 42.1 Å². The number of pyridine rings is 1. The smallest absolute Gasteiger partial charge is 0.142 e. The molecule has 0 bridgehead atoms. The van der Waals surface area contributed by atoms with Crippen LogP contribution in [0.4, 0.5) is 0 Å². The van der Waals surface area contributed by atoms with Gasteiger partial charge < -0.3 is 5.32 Å². The van der Waals surface area contributed by atoms with Crippen molar-refractivity contribution in [2.24, 2.45) is 0 Å². The van der Waals surface area contributed by atoms with E-state index in [1.165, 1.54) is 10.4 Å². The Morgan fingerprint density at radius 3 is 2.72 bits per heavy atom. The predicted octanol–water partition coefficient (Wildman–Crippen LogP) is 3.49. The van der Waals surface area contributed by atoms with E-state index in [0.717, 1.165) is 22.9 Å². The Balaban J connectivity index is 2.30. The molecule has 3 nitrogen and oxygen atoms in total. The van der Waals surface area contributed by atoms with Crippen molar-refractivity contribution in [3.8, 4) is 10.7 Å². The van der Waals surface area contributed by atoms with Crippen LogP contribution < -0.4 is 5.32 Å². The highest BCUT2D eigenvalue weighted by Crippen LogP contribution is 2.30. The standard InChI is InChI=1S/C14H19N3S/c1-5-15-10(3)13-11(4)17-14(18-13)12-7-6-9(2)8-16-12/h6-8,10,15H,5H2,1-4H3. The number of hydrogen-bond acceptors (Lipinski definition) is 4. The van der Waals surface area contributed by atoms with Crippen LogP contribution in [0.3, 0.4) is 0 Å². The molecule has 4 heteroatoms. The van der Waals surface area contributed by atoms with Gasteiger partial charge in [-0.2, -0.15) is 0 Å². The Kier molecular flexibility index (Phi) is 4.09. The third-order valence-corrected chi connectivity index (χ3v) is 4.23. The lowest BCUT2D eigenvalue weighted by atomic mass is 10.2. The molecule has 0 spiro atoms. The maximum Gasteiger partial charge on any atom is 0.142 e. The van der Waals surface area contributed by atoms with E-state index >= 15 is 0 Å². The molecule has 0 saturated carbocycles. The van der Waals surface area contributed by atoms with Crippen LogP contribution in [-0.4, -0.2) is 16.5 Å². The average molecular weight is 261 g/mol. The maximum atomic E-state index is 4.63. The SMILES string of the molecule is CCNC(C)c1sc(-c2ccc(C)cn2)nc1C. The van der Waals surface area contributed by atoms with Crippen LogP contribution in [0, 0.1) is 13.8 Å². The van der Waals surface area contributed by atoms with Gasteiger partial charge in [0.25, 0.3) is 0 Å². The molecule has 1 unspecified atom stereocenters. The molecule has 0 amide bonds. The molecular weight excluding hydrogens is 242 g/mol. The minimum atomic E-state index is 0.353. The normalized spacial score (nSPS) is 12.7. The molecule has 0 fully saturated rings. The molecule has 2 aromatic rings. The van der Waals surface area contributed by atoms with Crippen LogP contribution in [0.15, 0.2) is 18.3 Å². The molecule has 0 aliphatic heterocycles. The summed E-state index contributed by atoms with van der Waals surface area (Å²) in [5, 5.41) is 4.43. The van der Waals surface area contributed by atoms with E-state index in [-0.39, 0.29) is 0 Å². The molecule has 18 heavy (non-hydrogen) atoms. The van der Waals surface area contributed by atoms with Gasteiger partial charge in [-0.1, -0.05) is 13.0 Å². The van der Waals surface area contributed by atoms with E-state index in [4.69, 9.17) is 0 Å². The summed E-state index contributed by atoms with van der Waals surface area (Å²) in [5.74, 6) is 0.